The van der Waals surface area contributed by atoms with E-state index >= 15 is 0 Å². The Morgan fingerprint density at radius 3 is 3.00 bits per heavy atom. The number of hydrogen-bond acceptors (Lipinski definition) is 1. The molecule has 48 valence electrons. The molecule has 0 aliphatic rings. The van der Waals surface area contributed by atoms with Gasteiger partial charge in [0.05, 0.1) is 6.42 Å². The van der Waals surface area contributed by atoms with Crippen LogP contribution in [0.25, 0.3) is 0 Å². The number of hydrogen-bond donors (Lipinski definition) is 2. The molecule has 0 saturated carbocycles. The molecule has 1 aromatic rings. The van der Waals surface area contributed by atoms with E-state index in [0.717, 1.165) is 5.56 Å². The van der Waals surface area contributed by atoms with Crippen LogP contribution in [0.3, 0.4) is 0 Å². The van der Waals surface area contributed by atoms with Gasteiger partial charge in [-0.05, 0) is 11.6 Å². The maximum Gasteiger partial charge on any atom is 0.307 e. The van der Waals surface area contributed by atoms with Crippen LogP contribution < -0.4 is 0 Å². The summed E-state index contributed by atoms with van der Waals surface area (Å²) >= 11 is 0. The van der Waals surface area contributed by atoms with Crippen molar-refractivity contribution in [2.45, 2.75) is 6.42 Å². The number of rotatable bonds is 2. The third-order valence-electron chi connectivity index (χ3n) is 1.02. The molecule has 3 nitrogen and oxygen atoms in total. The molecule has 3 heteroatoms. The van der Waals surface area contributed by atoms with Crippen molar-refractivity contribution >= 4 is 5.97 Å². The molecule has 0 bridgehead atoms. The zero-order chi connectivity index (χ0) is 6.69. The molecule has 0 amide bonds. The van der Waals surface area contributed by atoms with E-state index in [0.29, 0.717) is 0 Å². The van der Waals surface area contributed by atoms with E-state index in [1.165, 1.54) is 0 Å². The summed E-state index contributed by atoms with van der Waals surface area (Å²) in [6.07, 6.45) is 3.48. The average Bonchev–Trinajstić information content (AvgIpc) is 2.15. The number of H-pyrrole nitrogens is 1. The summed E-state index contributed by atoms with van der Waals surface area (Å²) in [4.78, 5) is 12.8. The molecule has 0 radical (unpaired) electrons. The summed E-state index contributed by atoms with van der Waals surface area (Å²) in [5.41, 5.74) is 0.808. The second-order valence-corrected chi connectivity index (χ2v) is 1.79. The molecule has 0 aliphatic carbocycles. The number of carboxylic acids is 1. The lowest BCUT2D eigenvalue weighted by atomic mass is 10.2. The lowest BCUT2D eigenvalue weighted by molar-refractivity contribution is -0.136. The van der Waals surface area contributed by atoms with Gasteiger partial charge in [0.15, 0.2) is 0 Å². The van der Waals surface area contributed by atoms with Crippen LogP contribution in [0.15, 0.2) is 18.5 Å². The SMILES string of the molecule is O=C(O)Cc1cc[nH]c1. The van der Waals surface area contributed by atoms with Gasteiger partial charge in [0.2, 0.25) is 0 Å². The molecule has 0 unspecified atom stereocenters. The molecule has 0 spiro atoms. The van der Waals surface area contributed by atoms with Gasteiger partial charge in [-0.3, -0.25) is 4.79 Å². The van der Waals surface area contributed by atoms with Crippen molar-refractivity contribution in [1.82, 2.24) is 4.98 Å². The van der Waals surface area contributed by atoms with Crippen LogP contribution in [0, 0.1) is 0 Å². The predicted molar refractivity (Wildman–Crippen MR) is 32.1 cm³/mol. The molecule has 1 rings (SSSR count). The number of aromatic amines is 1. The fourth-order valence-electron chi connectivity index (χ4n) is 0.643. The van der Waals surface area contributed by atoms with Crippen LogP contribution in [-0.2, 0) is 11.2 Å². The number of carboxylic acid groups (broad SMARTS) is 1. The molecule has 0 saturated heterocycles. The first-order valence-electron chi connectivity index (χ1n) is 2.62. The first-order valence-corrected chi connectivity index (χ1v) is 2.62. The number of aromatic nitrogens is 1. The number of carbonyl (C=O) groups is 1. The monoisotopic (exact) mass is 125 g/mol. The molecule has 0 fully saturated rings. The Hall–Kier alpha value is -1.25. The van der Waals surface area contributed by atoms with Gasteiger partial charge >= 0.3 is 5.97 Å². The Morgan fingerprint density at radius 2 is 2.56 bits per heavy atom. The van der Waals surface area contributed by atoms with Gasteiger partial charge in [0.1, 0.15) is 0 Å². The van der Waals surface area contributed by atoms with Crippen LogP contribution >= 0.6 is 0 Å². The smallest absolute Gasteiger partial charge is 0.307 e. The maximum absolute atomic E-state index is 10.1. The topological polar surface area (TPSA) is 53.1 Å². The van der Waals surface area contributed by atoms with Crippen LogP contribution in [0.5, 0.6) is 0 Å². The number of nitrogens with one attached hydrogen (secondary N) is 1. The standard InChI is InChI=1S/C6H7NO2/c8-6(9)3-5-1-2-7-4-5/h1-2,4,7H,3H2,(H,8,9). The molecular formula is C6H7NO2. The summed E-state index contributed by atoms with van der Waals surface area (Å²) in [6.45, 7) is 0. The summed E-state index contributed by atoms with van der Waals surface area (Å²) in [5, 5.41) is 8.27. The van der Waals surface area contributed by atoms with E-state index in [9.17, 15) is 4.79 Å². The van der Waals surface area contributed by atoms with Gasteiger partial charge < -0.3 is 10.1 Å². The Morgan fingerprint density at radius 1 is 1.78 bits per heavy atom. The van der Waals surface area contributed by atoms with E-state index in [2.05, 4.69) is 4.98 Å². The minimum absolute atomic E-state index is 0.101. The van der Waals surface area contributed by atoms with Crippen molar-refractivity contribution in [3.8, 4) is 0 Å². The van der Waals surface area contributed by atoms with Gasteiger partial charge in [0.25, 0.3) is 0 Å². The largest absolute Gasteiger partial charge is 0.481 e. The van der Waals surface area contributed by atoms with Crippen LogP contribution in [-0.4, -0.2) is 16.1 Å². The van der Waals surface area contributed by atoms with E-state index in [-0.39, 0.29) is 6.42 Å². The molecule has 0 atom stereocenters. The highest BCUT2D eigenvalue weighted by atomic mass is 16.4. The lowest BCUT2D eigenvalue weighted by Gasteiger charge is -1.85. The minimum Gasteiger partial charge on any atom is -0.481 e. The van der Waals surface area contributed by atoms with Crippen molar-refractivity contribution in [3.63, 3.8) is 0 Å². The molecule has 9 heavy (non-hydrogen) atoms. The third-order valence-corrected chi connectivity index (χ3v) is 1.02. The Labute approximate surface area is 52.3 Å². The van der Waals surface area contributed by atoms with E-state index in [1.807, 2.05) is 0 Å². The van der Waals surface area contributed by atoms with Gasteiger partial charge in [-0.25, -0.2) is 0 Å². The normalized spacial score (nSPS) is 9.33. The van der Waals surface area contributed by atoms with E-state index in [1.54, 1.807) is 18.5 Å². The molecule has 0 aromatic carbocycles. The summed E-state index contributed by atoms with van der Waals surface area (Å²) in [6, 6.07) is 1.74. The van der Waals surface area contributed by atoms with Crippen molar-refractivity contribution in [1.29, 1.82) is 0 Å². The summed E-state index contributed by atoms with van der Waals surface area (Å²) in [5.74, 6) is -0.797. The zero-order valence-electron chi connectivity index (χ0n) is 4.79. The first-order chi connectivity index (χ1) is 4.29. The minimum atomic E-state index is -0.797. The van der Waals surface area contributed by atoms with Gasteiger partial charge in [-0.2, -0.15) is 0 Å². The summed E-state index contributed by atoms with van der Waals surface area (Å²) in [7, 11) is 0. The van der Waals surface area contributed by atoms with Gasteiger partial charge in [-0.15, -0.1) is 0 Å². The zero-order valence-corrected chi connectivity index (χ0v) is 4.79. The second-order valence-electron chi connectivity index (χ2n) is 1.79. The highest BCUT2D eigenvalue weighted by Crippen LogP contribution is 1.96. The van der Waals surface area contributed by atoms with Crippen LogP contribution in [0.4, 0.5) is 0 Å². The first kappa shape index (κ1) is 5.88. The maximum atomic E-state index is 10.1. The third kappa shape index (κ3) is 1.60. The molecule has 1 aromatic heterocycles. The van der Waals surface area contributed by atoms with Crippen molar-refractivity contribution in [3.05, 3.63) is 24.0 Å². The Kier molecular flexibility index (Phi) is 1.53. The fraction of sp³-hybridized carbons (Fsp3) is 0.167. The van der Waals surface area contributed by atoms with Crippen molar-refractivity contribution in [2.75, 3.05) is 0 Å². The fourth-order valence-corrected chi connectivity index (χ4v) is 0.643. The van der Waals surface area contributed by atoms with Crippen molar-refractivity contribution in [2.24, 2.45) is 0 Å². The van der Waals surface area contributed by atoms with Crippen LogP contribution in [0.1, 0.15) is 5.56 Å². The highest BCUT2D eigenvalue weighted by molar-refractivity contribution is 5.69. The quantitative estimate of drug-likeness (QED) is 0.609. The Bertz CT molecular complexity index is 191. The molecule has 2 N–H and O–H groups in total. The second kappa shape index (κ2) is 2.35. The Balaban J connectivity index is 2.58. The van der Waals surface area contributed by atoms with Gasteiger partial charge in [0, 0.05) is 12.4 Å². The molecular weight excluding hydrogens is 118 g/mol. The van der Waals surface area contributed by atoms with E-state index in [4.69, 9.17) is 5.11 Å². The molecule has 1 heterocycles. The predicted octanol–water partition coefficient (Wildman–Crippen LogP) is 0.642. The molecule has 0 aliphatic heterocycles. The van der Waals surface area contributed by atoms with E-state index < -0.39 is 5.97 Å². The summed E-state index contributed by atoms with van der Waals surface area (Å²) < 4.78 is 0. The van der Waals surface area contributed by atoms with Crippen molar-refractivity contribution < 1.29 is 9.90 Å². The highest BCUT2D eigenvalue weighted by Gasteiger charge is 1.97. The average molecular weight is 125 g/mol. The van der Waals surface area contributed by atoms with Gasteiger partial charge in [-0.1, -0.05) is 0 Å². The number of aliphatic carboxylic acids is 1. The lowest BCUT2D eigenvalue weighted by Crippen LogP contribution is -1.97. The van der Waals surface area contributed by atoms with Crippen LogP contribution in [0.2, 0.25) is 0 Å².